The van der Waals surface area contributed by atoms with E-state index in [9.17, 15) is 24.3 Å². The van der Waals surface area contributed by atoms with Crippen LogP contribution in [0.15, 0.2) is 21.8 Å². The summed E-state index contributed by atoms with van der Waals surface area (Å²) < 4.78 is 5.87. The van der Waals surface area contributed by atoms with Crippen LogP contribution < -0.4 is 16.2 Å². The van der Waals surface area contributed by atoms with Gasteiger partial charge in [-0.25, -0.2) is 4.98 Å². The number of piperidine rings is 2. The highest BCUT2D eigenvalue weighted by atomic mass is 16.5. The van der Waals surface area contributed by atoms with Crippen molar-refractivity contribution in [3.63, 3.8) is 0 Å². The quantitative estimate of drug-likeness (QED) is 0.592. The predicted molar refractivity (Wildman–Crippen MR) is 110 cm³/mol. The maximum Gasteiger partial charge on any atom is 0.296 e. The molecule has 2 aliphatic heterocycles. The average molecular weight is 444 g/mol. The Morgan fingerprint density at radius 1 is 1.31 bits per heavy atom. The van der Waals surface area contributed by atoms with Gasteiger partial charge in [-0.05, 0) is 19.3 Å². The summed E-state index contributed by atoms with van der Waals surface area (Å²) in [4.78, 5) is 55.6. The van der Waals surface area contributed by atoms with Crippen molar-refractivity contribution in [2.75, 3.05) is 25.0 Å². The Labute approximate surface area is 182 Å². The Kier molecular flexibility index (Phi) is 5.93. The zero-order valence-corrected chi connectivity index (χ0v) is 17.5. The molecule has 12 heteroatoms. The first-order chi connectivity index (χ1) is 15.3. The Balaban J connectivity index is 1.56. The molecule has 3 amide bonds. The zero-order valence-electron chi connectivity index (χ0n) is 17.5. The summed E-state index contributed by atoms with van der Waals surface area (Å²) in [5.74, 6) is -1.86. The molecular formula is C20H24N6O6. The second-order valence-corrected chi connectivity index (χ2v) is 8.06. The molecule has 0 aromatic carbocycles. The van der Waals surface area contributed by atoms with E-state index in [1.807, 2.05) is 0 Å². The van der Waals surface area contributed by atoms with Crippen LogP contribution in [0, 0.1) is 5.92 Å². The summed E-state index contributed by atoms with van der Waals surface area (Å²) in [5.41, 5.74) is -0.890. The number of aromatic hydroxyl groups is 1. The van der Waals surface area contributed by atoms with Crippen molar-refractivity contribution in [2.45, 2.75) is 31.6 Å². The summed E-state index contributed by atoms with van der Waals surface area (Å²) >= 11 is 0. The largest absolute Gasteiger partial charge is 0.501 e. The lowest BCUT2D eigenvalue weighted by Gasteiger charge is -2.36. The van der Waals surface area contributed by atoms with E-state index in [-0.39, 0.29) is 29.3 Å². The first-order valence-electron chi connectivity index (χ1n) is 10.4. The molecule has 2 saturated heterocycles. The maximum absolute atomic E-state index is 13.0. The number of likely N-dealkylation sites (tertiary alicyclic amines) is 1. The van der Waals surface area contributed by atoms with Gasteiger partial charge in [-0.15, -0.1) is 0 Å². The van der Waals surface area contributed by atoms with Crippen LogP contribution in [-0.2, 0) is 16.6 Å². The molecule has 2 aromatic rings. The molecule has 0 saturated carbocycles. The molecule has 4 rings (SSSR count). The van der Waals surface area contributed by atoms with E-state index in [0.29, 0.717) is 51.1 Å². The summed E-state index contributed by atoms with van der Waals surface area (Å²) in [7, 11) is 1.48. The molecule has 0 bridgehead atoms. The highest BCUT2D eigenvalue weighted by molar-refractivity contribution is 6.04. The molecule has 170 valence electrons. The van der Waals surface area contributed by atoms with E-state index < -0.39 is 22.9 Å². The molecule has 2 fully saturated rings. The van der Waals surface area contributed by atoms with E-state index in [1.165, 1.54) is 24.1 Å². The van der Waals surface area contributed by atoms with Crippen LogP contribution in [0.4, 0.5) is 5.69 Å². The Bertz CT molecular complexity index is 1080. The van der Waals surface area contributed by atoms with Crippen molar-refractivity contribution in [1.29, 1.82) is 0 Å². The van der Waals surface area contributed by atoms with Crippen molar-refractivity contribution in [1.82, 2.24) is 24.9 Å². The highest BCUT2D eigenvalue weighted by Crippen LogP contribution is 2.28. The van der Waals surface area contributed by atoms with Crippen LogP contribution in [0.5, 0.6) is 5.75 Å². The van der Waals surface area contributed by atoms with Crippen LogP contribution in [0.25, 0.3) is 0 Å². The Morgan fingerprint density at radius 2 is 2.12 bits per heavy atom. The minimum atomic E-state index is -0.772. The van der Waals surface area contributed by atoms with E-state index >= 15 is 0 Å². The first-order valence-corrected chi connectivity index (χ1v) is 10.4. The standard InChI is InChI=1S/C20H24N6O6/c1-25-17(24-15(16(28)20(25)31)18(29)23-13-8-22-32-10-13)12-3-2-6-26(9-12)19(30)11-4-5-14(27)21-7-11/h8,10-12,28H,2-7,9H2,1H3,(H,21,27)(H,23,29). The van der Waals surface area contributed by atoms with Gasteiger partial charge in [-0.3, -0.25) is 23.7 Å². The smallest absolute Gasteiger partial charge is 0.296 e. The van der Waals surface area contributed by atoms with Crippen LogP contribution in [0.2, 0.25) is 0 Å². The normalized spacial score (nSPS) is 21.2. The van der Waals surface area contributed by atoms with Gasteiger partial charge in [0.1, 0.15) is 17.8 Å². The number of carbonyl (C=O) groups excluding carboxylic acids is 3. The van der Waals surface area contributed by atoms with Gasteiger partial charge in [0, 0.05) is 39.0 Å². The molecule has 12 nitrogen and oxygen atoms in total. The molecule has 32 heavy (non-hydrogen) atoms. The average Bonchev–Trinajstić information content (AvgIpc) is 3.31. The molecule has 4 heterocycles. The summed E-state index contributed by atoms with van der Waals surface area (Å²) in [6.07, 6.45) is 4.68. The van der Waals surface area contributed by atoms with Crippen LogP contribution in [0.1, 0.15) is 47.9 Å². The van der Waals surface area contributed by atoms with E-state index in [2.05, 4.69) is 25.3 Å². The molecule has 2 aliphatic rings. The van der Waals surface area contributed by atoms with Gasteiger partial charge in [0.15, 0.2) is 5.69 Å². The van der Waals surface area contributed by atoms with Gasteiger partial charge in [0.25, 0.3) is 11.5 Å². The van der Waals surface area contributed by atoms with Crippen LogP contribution >= 0.6 is 0 Å². The van der Waals surface area contributed by atoms with Gasteiger partial charge in [-0.1, -0.05) is 5.16 Å². The lowest BCUT2D eigenvalue weighted by Crippen LogP contribution is -2.48. The predicted octanol–water partition coefficient (Wildman–Crippen LogP) is -0.0416. The van der Waals surface area contributed by atoms with Gasteiger partial charge in [0.2, 0.25) is 17.6 Å². The third-order valence-corrected chi connectivity index (χ3v) is 5.92. The lowest BCUT2D eigenvalue weighted by molar-refractivity contribution is -0.138. The summed E-state index contributed by atoms with van der Waals surface area (Å²) in [5, 5.41) is 18.9. The van der Waals surface area contributed by atoms with Crippen molar-refractivity contribution in [3.8, 4) is 5.75 Å². The minimum absolute atomic E-state index is 0.0381. The van der Waals surface area contributed by atoms with Gasteiger partial charge < -0.3 is 25.2 Å². The first kappa shape index (κ1) is 21.5. The second-order valence-electron chi connectivity index (χ2n) is 8.06. The fourth-order valence-electron chi connectivity index (χ4n) is 4.18. The fourth-order valence-corrected chi connectivity index (χ4v) is 4.18. The Morgan fingerprint density at radius 3 is 2.81 bits per heavy atom. The lowest BCUT2D eigenvalue weighted by atomic mass is 9.93. The van der Waals surface area contributed by atoms with Crippen molar-refractivity contribution in [2.24, 2.45) is 13.0 Å². The number of rotatable bonds is 4. The number of carbonyl (C=O) groups is 3. The summed E-state index contributed by atoms with van der Waals surface area (Å²) in [6, 6.07) is 0. The number of hydrogen-bond acceptors (Lipinski definition) is 8. The number of aromatic nitrogens is 3. The molecule has 0 radical (unpaired) electrons. The molecular weight excluding hydrogens is 420 g/mol. The molecule has 0 spiro atoms. The van der Waals surface area contributed by atoms with Crippen LogP contribution in [0.3, 0.4) is 0 Å². The van der Waals surface area contributed by atoms with Gasteiger partial charge >= 0.3 is 0 Å². The number of nitrogens with one attached hydrogen (secondary N) is 2. The number of nitrogens with zero attached hydrogens (tertiary/aromatic N) is 4. The van der Waals surface area contributed by atoms with Gasteiger partial charge in [-0.2, -0.15) is 0 Å². The summed E-state index contributed by atoms with van der Waals surface area (Å²) in [6.45, 7) is 1.23. The minimum Gasteiger partial charge on any atom is -0.501 e. The third kappa shape index (κ3) is 4.20. The van der Waals surface area contributed by atoms with Crippen molar-refractivity contribution in [3.05, 3.63) is 34.3 Å². The molecule has 2 unspecified atom stereocenters. The SMILES string of the molecule is Cn1c(C2CCCN(C(=O)C3CCC(=O)NC3)C2)nc(C(=O)Nc2cnoc2)c(O)c1=O. The number of amides is 3. The van der Waals surface area contributed by atoms with Crippen molar-refractivity contribution >= 4 is 23.4 Å². The third-order valence-electron chi connectivity index (χ3n) is 5.92. The maximum atomic E-state index is 13.0. The Hall–Kier alpha value is -3.70. The van der Waals surface area contributed by atoms with E-state index in [0.717, 1.165) is 0 Å². The highest BCUT2D eigenvalue weighted by Gasteiger charge is 2.34. The van der Waals surface area contributed by atoms with E-state index in [1.54, 1.807) is 4.90 Å². The number of hydrogen-bond donors (Lipinski definition) is 3. The van der Waals surface area contributed by atoms with Crippen molar-refractivity contribution < 1.29 is 24.0 Å². The van der Waals surface area contributed by atoms with Gasteiger partial charge in [0.05, 0.1) is 12.1 Å². The monoisotopic (exact) mass is 444 g/mol. The zero-order chi connectivity index (χ0) is 22.8. The van der Waals surface area contributed by atoms with E-state index in [4.69, 9.17) is 0 Å². The molecule has 3 N–H and O–H groups in total. The fraction of sp³-hybridized carbons (Fsp3) is 0.500. The van der Waals surface area contributed by atoms with Crippen LogP contribution in [-0.4, -0.2) is 62.1 Å². The topological polar surface area (TPSA) is 160 Å². The molecule has 2 atom stereocenters. The second kappa shape index (κ2) is 8.81. The molecule has 0 aliphatic carbocycles. The molecule has 2 aromatic heterocycles. The number of anilines is 1.